The van der Waals surface area contributed by atoms with Crippen molar-refractivity contribution in [3.05, 3.63) is 35.9 Å². The zero-order chi connectivity index (χ0) is 12.7. The zero-order valence-electron chi connectivity index (χ0n) is 9.92. The van der Waals surface area contributed by atoms with E-state index in [2.05, 4.69) is 0 Å². The molecule has 0 aromatic heterocycles. The lowest BCUT2D eigenvalue weighted by atomic mass is 10.2. The number of carboxylic acid groups (broad SMARTS) is 1. The molecule has 4 heteroatoms. The smallest absolute Gasteiger partial charge is 0.328 e. The zero-order valence-corrected chi connectivity index (χ0v) is 9.92. The highest BCUT2D eigenvalue weighted by atomic mass is 16.5. The summed E-state index contributed by atoms with van der Waals surface area (Å²) < 4.78 is 10.6. The molecule has 4 nitrogen and oxygen atoms in total. The first-order valence-corrected chi connectivity index (χ1v) is 5.28. The van der Waals surface area contributed by atoms with Gasteiger partial charge >= 0.3 is 5.97 Å². The van der Waals surface area contributed by atoms with Crippen molar-refractivity contribution in [2.45, 2.75) is 13.0 Å². The number of ether oxygens (including phenoxy) is 2. The van der Waals surface area contributed by atoms with E-state index in [-0.39, 0.29) is 6.10 Å². The van der Waals surface area contributed by atoms with Crippen LogP contribution in [0.2, 0.25) is 0 Å². The van der Waals surface area contributed by atoms with Gasteiger partial charge in [0.15, 0.2) is 0 Å². The summed E-state index contributed by atoms with van der Waals surface area (Å²) in [5.41, 5.74) is 0.787. The molecule has 0 aliphatic carbocycles. The van der Waals surface area contributed by atoms with E-state index in [0.717, 1.165) is 11.6 Å². The molecular formula is C13H16O4. The van der Waals surface area contributed by atoms with Crippen molar-refractivity contribution in [1.82, 2.24) is 0 Å². The fourth-order valence-corrected chi connectivity index (χ4v) is 1.16. The Morgan fingerprint density at radius 1 is 1.53 bits per heavy atom. The van der Waals surface area contributed by atoms with Crippen LogP contribution in [0.1, 0.15) is 12.5 Å². The molecule has 0 saturated heterocycles. The second-order valence-corrected chi connectivity index (χ2v) is 3.60. The Morgan fingerprint density at radius 2 is 2.29 bits per heavy atom. The quantitative estimate of drug-likeness (QED) is 0.769. The van der Waals surface area contributed by atoms with Crippen LogP contribution in [0.4, 0.5) is 0 Å². The normalized spacial score (nSPS) is 12.6. The topological polar surface area (TPSA) is 55.8 Å². The van der Waals surface area contributed by atoms with Crippen LogP contribution in [-0.2, 0) is 9.53 Å². The van der Waals surface area contributed by atoms with Gasteiger partial charge in [0.1, 0.15) is 12.4 Å². The van der Waals surface area contributed by atoms with E-state index >= 15 is 0 Å². The Kier molecular flexibility index (Phi) is 5.23. The van der Waals surface area contributed by atoms with Crippen molar-refractivity contribution >= 4 is 12.0 Å². The van der Waals surface area contributed by atoms with Gasteiger partial charge in [-0.15, -0.1) is 0 Å². The van der Waals surface area contributed by atoms with Gasteiger partial charge in [-0.25, -0.2) is 4.79 Å². The van der Waals surface area contributed by atoms with E-state index in [4.69, 9.17) is 14.6 Å². The average molecular weight is 236 g/mol. The third kappa shape index (κ3) is 5.17. The number of hydrogen-bond acceptors (Lipinski definition) is 3. The molecule has 92 valence electrons. The van der Waals surface area contributed by atoms with Gasteiger partial charge in [-0.05, 0) is 30.7 Å². The number of carbonyl (C=O) groups is 1. The fraction of sp³-hybridized carbons (Fsp3) is 0.308. The standard InChI is InChI=1S/C13H16O4/c1-10(16-2)9-17-12-5-3-4-11(8-12)6-7-13(14)15/h3-8,10H,9H2,1-2H3,(H,14,15)/b7-6+. The van der Waals surface area contributed by atoms with E-state index in [1.165, 1.54) is 6.08 Å². The molecule has 0 radical (unpaired) electrons. The number of rotatable bonds is 6. The van der Waals surface area contributed by atoms with Crippen LogP contribution >= 0.6 is 0 Å². The number of hydrogen-bond donors (Lipinski definition) is 1. The van der Waals surface area contributed by atoms with Gasteiger partial charge in [0, 0.05) is 13.2 Å². The van der Waals surface area contributed by atoms with Crippen LogP contribution in [0.5, 0.6) is 5.75 Å². The molecule has 1 aromatic rings. The lowest BCUT2D eigenvalue weighted by molar-refractivity contribution is -0.131. The number of carboxylic acids is 1. The molecule has 1 N–H and O–H groups in total. The van der Waals surface area contributed by atoms with Crippen molar-refractivity contribution in [3.63, 3.8) is 0 Å². The van der Waals surface area contributed by atoms with E-state index in [1.807, 2.05) is 25.1 Å². The molecule has 0 heterocycles. The maximum atomic E-state index is 10.4. The summed E-state index contributed by atoms with van der Waals surface area (Å²) in [5.74, 6) is -0.272. The van der Waals surface area contributed by atoms with Crippen LogP contribution in [0.15, 0.2) is 30.3 Å². The maximum Gasteiger partial charge on any atom is 0.328 e. The minimum absolute atomic E-state index is 0.0215. The van der Waals surface area contributed by atoms with Crippen LogP contribution in [0.25, 0.3) is 6.08 Å². The number of methoxy groups -OCH3 is 1. The van der Waals surface area contributed by atoms with Gasteiger partial charge in [-0.2, -0.15) is 0 Å². The van der Waals surface area contributed by atoms with E-state index in [9.17, 15) is 4.79 Å². The van der Waals surface area contributed by atoms with Crippen LogP contribution in [0, 0.1) is 0 Å². The Hall–Kier alpha value is -1.81. The first-order valence-electron chi connectivity index (χ1n) is 5.28. The maximum absolute atomic E-state index is 10.4. The largest absolute Gasteiger partial charge is 0.491 e. The Balaban J connectivity index is 2.62. The molecule has 1 rings (SSSR count). The highest BCUT2D eigenvalue weighted by Crippen LogP contribution is 2.14. The number of aliphatic carboxylic acids is 1. The van der Waals surface area contributed by atoms with Gasteiger partial charge in [-0.3, -0.25) is 0 Å². The Morgan fingerprint density at radius 3 is 2.94 bits per heavy atom. The lowest BCUT2D eigenvalue weighted by Crippen LogP contribution is -2.15. The minimum Gasteiger partial charge on any atom is -0.491 e. The molecule has 0 spiro atoms. The van der Waals surface area contributed by atoms with E-state index in [0.29, 0.717) is 12.4 Å². The molecule has 1 aromatic carbocycles. The molecule has 0 saturated carbocycles. The van der Waals surface area contributed by atoms with Gasteiger partial charge in [0.2, 0.25) is 0 Å². The van der Waals surface area contributed by atoms with Gasteiger partial charge < -0.3 is 14.6 Å². The van der Waals surface area contributed by atoms with Gasteiger partial charge in [0.05, 0.1) is 6.10 Å². The summed E-state index contributed by atoms with van der Waals surface area (Å²) in [6.07, 6.45) is 2.64. The minimum atomic E-state index is -0.968. The summed E-state index contributed by atoms with van der Waals surface area (Å²) in [4.78, 5) is 10.4. The van der Waals surface area contributed by atoms with Crippen LogP contribution < -0.4 is 4.74 Å². The predicted molar refractivity (Wildman–Crippen MR) is 65.1 cm³/mol. The van der Waals surface area contributed by atoms with E-state index in [1.54, 1.807) is 13.2 Å². The third-order valence-corrected chi connectivity index (χ3v) is 2.16. The Labute approximate surface area is 100 Å². The number of benzene rings is 1. The third-order valence-electron chi connectivity index (χ3n) is 2.16. The first kappa shape index (κ1) is 13.3. The van der Waals surface area contributed by atoms with E-state index < -0.39 is 5.97 Å². The molecule has 0 aliphatic heterocycles. The second-order valence-electron chi connectivity index (χ2n) is 3.60. The van der Waals surface area contributed by atoms with Crippen molar-refractivity contribution in [2.24, 2.45) is 0 Å². The molecule has 0 bridgehead atoms. The van der Waals surface area contributed by atoms with Crippen LogP contribution in [0.3, 0.4) is 0 Å². The van der Waals surface area contributed by atoms with Gasteiger partial charge in [0.25, 0.3) is 0 Å². The molecular weight excluding hydrogens is 220 g/mol. The first-order chi connectivity index (χ1) is 8.11. The molecule has 0 amide bonds. The van der Waals surface area contributed by atoms with Crippen molar-refractivity contribution in [3.8, 4) is 5.75 Å². The molecule has 0 fully saturated rings. The fourth-order valence-electron chi connectivity index (χ4n) is 1.16. The highest BCUT2D eigenvalue weighted by Gasteiger charge is 2.01. The predicted octanol–water partition coefficient (Wildman–Crippen LogP) is 2.20. The summed E-state index contributed by atoms with van der Waals surface area (Å²) in [5, 5.41) is 8.52. The van der Waals surface area contributed by atoms with Crippen molar-refractivity contribution < 1.29 is 19.4 Å². The van der Waals surface area contributed by atoms with Gasteiger partial charge in [-0.1, -0.05) is 12.1 Å². The summed E-state index contributed by atoms with van der Waals surface area (Å²) in [6.45, 7) is 2.37. The monoisotopic (exact) mass is 236 g/mol. The summed E-state index contributed by atoms with van der Waals surface area (Å²) in [7, 11) is 1.63. The Bertz CT molecular complexity index is 398. The highest BCUT2D eigenvalue weighted by molar-refractivity contribution is 5.85. The molecule has 1 unspecified atom stereocenters. The second kappa shape index (κ2) is 6.70. The SMILES string of the molecule is COC(C)COc1cccc(/C=C/C(=O)O)c1. The summed E-state index contributed by atoms with van der Waals surface area (Å²) >= 11 is 0. The molecule has 17 heavy (non-hydrogen) atoms. The average Bonchev–Trinajstić information content (AvgIpc) is 2.34. The van der Waals surface area contributed by atoms with Crippen molar-refractivity contribution in [1.29, 1.82) is 0 Å². The van der Waals surface area contributed by atoms with Crippen molar-refractivity contribution in [2.75, 3.05) is 13.7 Å². The lowest BCUT2D eigenvalue weighted by Gasteiger charge is -2.11. The van der Waals surface area contributed by atoms with Crippen LogP contribution in [-0.4, -0.2) is 30.9 Å². The molecule has 0 aliphatic rings. The molecule has 1 atom stereocenters. The summed E-state index contributed by atoms with van der Waals surface area (Å²) in [6, 6.07) is 7.22.